The van der Waals surface area contributed by atoms with Gasteiger partial charge in [-0.2, -0.15) is 0 Å². The molecule has 0 saturated carbocycles. The lowest BCUT2D eigenvalue weighted by Gasteiger charge is -2.12. The first-order chi connectivity index (χ1) is 15.2. The Kier molecular flexibility index (Phi) is 6.39. The second-order valence-electron chi connectivity index (χ2n) is 6.86. The summed E-state index contributed by atoms with van der Waals surface area (Å²) in [6.07, 6.45) is 0. The first-order valence-corrected chi connectivity index (χ1v) is 11.1. The molecule has 4 aromatic rings. The monoisotopic (exact) mass is 427 g/mol. The molecule has 0 aromatic heterocycles. The Morgan fingerprint density at radius 3 is 1.71 bits per heavy atom. The van der Waals surface area contributed by atoms with Gasteiger partial charge in [-0.1, -0.05) is 36.4 Å². The van der Waals surface area contributed by atoms with E-state index in [0.29, 0.717) is 16.9 Å². The van der Waals surface area contributed by atoms with Gasteiger partial charge in [-0.25, -0.2) is 0 Å². The second kappa shape index (κ2) is 9.54. The molecule has 0 fully saturated rings. The molecular formula is C27H23O3S+. The molecule has 0 aliphatic rings. The summed E-state index contributed by atoms with van der Waals surface area (Å²) in [6, 6.07) is 33.6. The van der Waals surface area contributed by atoms with Crippen LogP contribution in [0.4, 0.5) is 0 Å². The van der Waals surface area contributed by atoms with Crippen LogP contribution in [-0.4, -0.2) is 20.0 Å². The van der Waals surface area contributed by atoms with Gasteiger partial charge in [0.1, 0.15) is 16.6 Å². The SMILES string of the molecule is COc1ccc(C(=O)c2ccc([S+](c3ccccc3)c3ccccc3)c(OC)c2)cc1. The van der Waals surface area contributed by atoms with E-state index in [-0.39, 0.29) is 16.7 Å². The van der Waals surface area contributed by atoms with Crippen LogP contribution in [0.25, 0.3) is 0 Å². The van der Waals surface area contributed by atoms with Crippen LogP contribution in [0.5, 0.6) is 11.5 Å². The predicted molar refractivity (Wildman–Crippen MR) is 124 cm³/mol. The van der Waals surface area contributed by atoms with Crippen LogP contribution in [0.3, 0.4) is 0 Å². The van der Waals surface area contributed by atoms with E-state index >= 15 is 0 Å². The quantitative estimate of drug-likeness (QED) is 0.267. The summed E-state index contributed by atoms with van der Waals surface area (Å²) in [7, 11) is 2.91. The van der Waals surface area contributed by atoms with Crippen LogP contribution >= 0.6 is 0 Å². The van der Waals surface area contributed by atoms with Crippen molar-refractivity contribution < 1.29 is 14.3 Å². The molecule has 4 heteroatoms. The van der Waals surface area contributed by atoms with Crippen LogP contribution in [0.15, 0.2) is 118 Å². The summed E-state index contributed by atoms with van der Waals surface area (Å²) < 4.78 is 11.0. The summed E-state index contributed by atoms with van der Waals surface area (Å²) in [5.41, 5.74) is 1.20. The number of ether oxygens (including phenoxy) is 2. The van der Waals surface area contributed by atoms with Crippen molar-refractivity contribution in [1.29, 1.82) is 0 Å². The number of carbonyl (C=O) groups excluding carboxylic acids is 1. The first-order valence-electron chi connectivity index (χ1n) is 9.92. The van der Waals surface area contributed by atoms with Crippen molar-refractivity contribution in [3.8, 4) is 11.5 Å². The van der Waals surface area contributed by atoms with Gasteiger partial charge in [0.05, 0.1) is 14.2 Å². The van der Waals surface area contributed by atoms with E-state index in [9.17, 15) is 4.79 Å². The Labute approximate surface area is 185 Å². The Morgan fingerprint density at radius 1 is 0.645 bits per heavy atom. The number of methoxy groups -OCH3 is 2. The highest BCUT2D eigenvalue weighted by Gasteiger charge is 2.32. The van der Waals surface area contributed by atoms with Crippen LogP contribution in [0, 0.1) is 0 Å². The van der Waals surface area contributed by atoms with Crippen LogP contribution < -0.4 is 9.47 Å². The highest BCUT2D eigenvalue weighted by Crippen LogP contribution is 2.37. The van der Waals surface area contributed by atoms with E-state index in [1.54, 1.807) is 38.5 Å². The van der Waals surface area contributed by atoms with Crippen molar-refractivity contribution in [2.75, 3.05) is 14.2 Å². The third-order valence-electron chi connectivity index (χ3n) is 4.96. The fraction of sp³-hybridized carbons (Fsp3) is 0.0741. The normalized spacial score (nSPS) is 10.7. The summed E-state index contributed by atoms with van der Waals surface area (Å²) >= 11 is 0. The standard InChI is InChI=1S/C27H23O3S/c1-29-22-16-13-20(14-17-22)27(28)21-15-18-26(25(19-21)30-2)31(23-9-5-3-6-10-23)24-11-7-4-8-12-24/h3-19H,1-2H3/q+1. The zero-order chi connectivity index (χ0) is 21.6. The van der Waals surface area contributed by atoms with Gasteiger partial charge < -0.3 is 9.47 Å². The molecule has 31 heavy (non-hydrogen) atoms. The summed E-state index contributed by atoms with van der Waals surface area (Å²) in [4.78, 5) is 16.5. The van der Waals surface area contributed by atoms with Gasteiger partial charge in [0.2, 0.25) is 4.90 Å². The largest absolute Gasteiger partial charge is 0.497 e. The molecule has 0 unspecified atom stereocenters. The van der Waals surface area contributed by atoms with Crippen molar-refractivity contribution in [2.24, 2.45) is 0 Å². The smallest absolute Gasteiger partial charge is 0.208 e. The van der Waals surface area contributed by atoms with Gasteiger partial charge in [-0.05, 0) is 66.7 Å². The Morgan fingerprint density at radius 2 is 1.19 bits per heavy atom. The van der Waals surface area contributed by atoms with E-state index in [1.165, 1.54) is 9.79 Å². The Bertz CT molecular complexity index is 1120. The molecule has 0 heterocycles. The maximum Gasteiger partial charge on any atom is 0.208 e. The number of hydrogen-bond donors (Lipinski definition) is 0. The average Bonchev–Trinajstić information content (AvgIpc) is 2.85. The number of benzene rings is 4. The molecule has 4 aromatic carbocycles. The Hall–Kier alpha value is -3.50. The zero-order valence-electron chi connectivity index (χ0n) is 17.4. The topological polar surface area (TPSA) is 35.5 Å². The van der Waals surface area contributed by atoms with E-state index in [1.807, 2.05) is 54.6 Å². The summed E-state index contributed by atoms with van der Waals surface area (Å²) in [5.74, 6) is 1.38. The molecule has 0 saturated heterocycles. The molecule has 0 amide bonds. The number of rotatable bonds is 7. The van der Waals surface area contributed by atoms with Gasteiger partial charge in [0.15, 0.2) is 21.3 Å². The van der Waals surface area contributed by atoms with Crippen molar-refractivity contribution in [3.63, 3.8) is 0 Å². The average molecular weight is 428 g/mol. The van der Waals surface area contributed by atoms with Crippen molar-refractivity contribution >= 4 is 16.7 Å². The minimum Gasteiger partial charge on any atom is -0.497 e. The summed E-state index contributed by atoms with van der Waals surface area (Å²) in [5, 5.41) is 0. The highest BCUT2D eigenvalue weighted by atomic mass is 32.2. The molecule has 0 atom stereocenters. The fourth-order valence-corrected chi connectivity index (χ4v) is 5.58. The number of ketones is 1. The maximum absolute atomic E-state index is 13.0. The number of hydrogen-bond acceptors (Lipinski definition) is 3. The molecule has 0 aliphatic heterocycles. The Balaban J connectivity index is 1.76. The lowest BCUT2D eigenvalue weighted by molar-refractivity contribution is 0.103. The third kappa shape index (κ3) is 4.49. The molecular weight excluding hydrogens is 404 g/mol. The van der Waals surface area contributed by atoms with Gasteiger partial charge in [0.25, 0.3) is 0 Å². The van der Waals surface area contributed by atoms with Crippen LogP contribution in [-0.2, 0) is 10.9 Å². The minimum atomic E-state index is -0.349. The zero-order valence-corrected chi connectivity index (χ0v) is 18.3. The predicted octanol–water partition coefficient (Wildman–Crippen LogP) is 6.03. The second-order valence-corrected chi connectivity index (χ2v) is 8.85. The van der Waals surface area contributed by atoms with Gasteiger partial charge in [-0.15, -0.1) is 0 Å². The summed E-state index contributed by atoms with van der Waals surface area (Å²) in [6.45, 7) is 0. The molecule has 4 rings (SSSR count). The van der Waals surface area contributed by atoms with E-state index in [4.69, 9.17) is 9.47 Å². The van der Waals surface area contributed by atoms with Crippen molar-refractivity contribution in [3.05, 3.63) is 114 Å². The van der Waals surface area contributed by atoms with Crippen LogP contribution in [0.1, 0.15) is 15.9 Å². The molecule has 0 radical (unpaired) electrons. The maximum atomic E-state index is 13.0. The van der Waals surface area contributed by atoms with Gasteiger partial charge in [0, 0.05) is 11.1 Å². The first kappa shape index (κ1) is 20.8. The van der Waals surface area contributed by atoms with E-state index in [0.717, 1.165) is 10.6 Å². The van der Waals surface area contributed by atoms with Gasteiger partial charge in [-0.3, -0.25) is 4.79 Å². The fourth-order valence-electron chi connectivity index (χ4n) is 3.39. The lowest BCUT2D eigenvalue weighted by atomic mass is 10.0. The van der Waals surface area contributed by atoms with Crippen molar-refractivity contribution in [2.45, 2.75) is 14.7 Å². The van der Waals surface area contributed by atoms with E-state index in [2.05, 4.69) is 24.3 Å². The molecule has 0 N–H and O–H groups in total. The molecule has 0 bridgehead atoms. The highest BCUT2D eigenvalue weighted by molar-refractivity contribution is 7.97. The molecule has 0 spiro atoms. The van der Waals surface area contributed by atoms with Gasteiger partial charge >= 0.3 is 0 Å². The minimum absolute atomic E-state index is 0.0493. The van der Waals surface area contributed by atoms with Crippen LogP contribution in [0.2, 0.25) is 0 Å². The lowest BCUT2D eigenvalue weighted by Crippen LogP contribution is -2.08. The number of carbonyl (C=O) groups is 1. The molecule has 0 aliphatic carbocycles. The van der Waals surface area contributed by atoms with Crippen molar-refractivity contribution in [1.82, 2.24) is 0 Å². The third-order valence-corrected chi connectivity index (χ3v) is 7.22. The molecule has 154 valence electrons. The molecule has 3 nitrogen and oxygen atoms in total. The van der Waals surface area contributed by atoms with E-state index < -0.39 is 0 Å².